The average Bonchev–Trinajstić information content (AvgIpc) is 2.54. The summed E-state index contributed by atoms with van der Waals surface area (Å²) in [5, 5.41) is 3.43. The molecule has 0 aliphatic carbocycles. The first-order chi connectivity index (χ1) is 10.8. The van der Waals surface area contributed by atoms with E-state index in [1.165, 1.54) is 18.2 Å². The topological polar surface area (TPSA) is 32.3 Å². The third-order valence-electron chi connectivity index (χ3n) is 4.20. The number of benzene rings is 1. The highest BCUT2D eigenvalue weighted by atomic mass is 19.4. The number of nitrogens with zero attached hydrogens (tertiary/aromatic N) is 1. The molecular formula is C17H21F3N2O. The molecule has 1 N–H and O–H groups in total. The normalized spacial score (nSPS) is 17.8. The van der Waals surface area contributed by atoms with Gasteiger partial charge in [0.25, 0.3) is 0 Å². The van der Waals surface area contributed by atoms with Gasteiger partial charge in [0.1, 0.15) is 0 Å². The van der Waals surface area contributed by atoms with Crippen molar-refractivity contribution < 1.29 is 18.0 Å². The van der Waals surface area contributed by atoms with Crippen LogP contribution in [0.4, 0.5) is 13.2 Å². The molecule has 1 unspecified atom stereocenters. The Morgan fingerprint density at radius 1 is 1.30 bits per heavy atom. The zero-order valence-corrected chi connectivity index (χ0v) is 13.1. The van der Waals surface area contributed by atoms with E-state index >= 15 is 0 Å². The van der Waals surface area contributed by atoms with Crippen LogP contribution in [0.5, 0.6) is 0 Å². The van der Waals surface area contributed by atoms with E-state index < -0.39 is 11.7 Å². The van der Waals surface area contributed by atoms with Gasteiger partial charge in [0.15, 0.2) is 0 Å². The van der Waals surface area contributed by atoms with E-state index in [4.69, 9.17) is 0 Å². The van der Waals surface area contributed by atoms with Gasteiger partial charge in [-0.05, 0) is 43.5 Å². The largest absolute Gasteiger partial charge is 0.416 e. The number of piperidine rings is 1. The number of nitrogens with one attached hydrogen (secondary N) is 1. The van der Waals surface area contributed by atoms with Gasteiger partial charge in [-0.25, -0.2) is 0 Å². The van der Waals surface area contributed by atoms with Crippen LogP contribution in [0.25, 0.3) is 0 Å². The van der Waals surface area contributed by atoms with Crippen molar-refractivity contribution in [2.45, 2.75) is 38.0 Å². The maximum Gasteiger partial charge on any atom is 0.416 e. The van der Waals surface area contributed by atoms with Crippen LogP contribution >= 0.6 is 0 Å². The smallest absolute Gasteiger partial charge is 0.339 e. The molecule has 1 heterocycles. The van der Waals surface area contributed by atoms with Crippen LogP contribution in [-0.2, 0) is 11.0 Å². The molecule has 0 saturated carbocycles. The lowest BCUT2D eigenvalue weighted by Gasteiger charge is -2.33. The molecule has 0 aromatic heterocycles. The van der Waals surface area contributed by atoms with E-state index in [0.717, 1.165) is 30.5 Å². The standard InChI is InChI=1S/C17H21F3N2O/c1-3-16(23)22-10-8-15(9-11-22)21-12(2)13-4-6-14(7-5-13)17(18,19)20/h3-7,12,15,21H,1,8-11H2,2H3. The molecule has 1 fully saturated rings. The van der Waals surface area contributed by atoms with Gasteiger partial charge in [0.2, 0.25) is 5.91 Å². The number of hydrogen-bond donors (Lipinski definition) is 1. The zero-order chi connectivity index (χ0) is 17.0. The molecule has 1 aromatic rings. The third kappa shape index (κ3) is 4.58. The van der Waals surface area contributed by atoms with Crippen molar-refractivity contribution in [2.75, 3.05) is 13.1 Å². The van der Waals surface area contributed by atoms with Crippen LogP contribution in [0.2, 0.25) is 0 Å². The van der Waals surface area contributed by atoms with Crippen LogP contribution in [0, 0.1) is 0 Å². The molecule has 1 atom stereocenters. The monoisotopic (exact) mass is 326 g/mol. The second-order valence-corrected chi connectivity index (χ2v) is 5.81. The number of halogens is 3. The molecule has 1 amide bonds. The van der Waals surface area contributed by atoms with E-state index in [1.807, 2.05) is 6.92 Å². The van der Waals surface area contributed by atoms with Gasteiger partial charge in [-0.2, -0.15) is 13.2 Å². The Morgan fingerprint density at radius 2 is 1.87 bits per heavy atom. The lowest BCUT2D eigenvalue weighted by molar-refractivity contribution is -0.137. The molecular weight excluding hydrogens is 305 g/mol. The molecule has 126 valence electrons. The Balaban J connectivity index is 1.89. The Bertz CT molecular complexity index is 546. The highest BCUT2D eigenvalue weighted by Crippen LogP contribution is 2.30. The van der Waals surface area contributed by atoms with Crippen molar-refractivity contribution in [1.82, 2.24) is 10.2 Å². The molecule has 0 bridgehead atoms. The van der Waals surface area contributed by atoms with Gasteiger partial charge in [-0.3, -0.25) is 4.79 Å². The number of rotatable bonds is 4. The SMILES string of the molecule is C=CC(=O)N1CCC(NC(C)c2ccc(C(F)(F)F)cc2)CC1. The minimum Gasteiger partial charge on any atom is -0.339 e. The van der Waals surface area contributed by atoms with Crippen LogP contribution in [-0.4, -0.2) is 29.9 Å². The van der Waals surface area contributed by atoms with Crippen LogP contribution in [0.3, 0.4) is 0 Å². The molecule has 3 nitrogen and oxygen atoms in total. The minimum absolute atomic E-state index is 0.0380. The molecule has 2 rings (SSSR count). The Labute approximate surface area is 134 Å². The van der Waals surface area contributed by atoms with Gasteiger partial charge in [0, 0.05) is 25.2 Å². The Kier molecular flexibility index (Phi) is 5.46. The Hall–Kier alpha value is -1.82. The fourth-order valence-corrected chi connectivity index (χ4v) is 2.81. The molecule has 1 saturated heterocycles. The van der Waals surface area contributed by atoms with Crippen molar-refractivity contribution in [3.8, 4) is 0 Å². The summed E-state index contributed by atoms with van der Waals surface area (Å²) in [6, 6.07) is 5.45. The van der Waals surface area contributed by atoms with E-state index in [1.54, 1.807) is 4.90 Å². The third-order valence-corrected chi connectivity index (χ3v) is 4.20. The fourth-order valence-electron chi connectivity index (χ4n) is 2.81. The molecule has 1 aliphatic rings. The first-order valence-corrected chi connectivity index (χ1v) is 7.66. The molecule has 0 spiro atoms. The van der Waals surface area contributed by atoms with E-state index in [0.29, 0.717) is 13.1 Å². The quantitative estimate of drug-likeness (QED) is 0.859. The van der Waals surface area contributed by atoms with Gasteiger partial charge in [-0.15, -0.1) is 0 Å². The molecule has 0 radical (unpaired) electrons. The number of carbonyl (C=O) groups excluding carboxylic acids is 1. The van der Waals surface area contributed by atoms with Crippen molar-refractivity contribution in [3.63, 3.8) is 0 Å². The number of carbonyl (C=O) groups is 1. The van der Waals surface area contributed by atoms with Crippen molar-refractivity contribution in [2.24, 2.45) is 0 Å². The fraction of sp³-hybridized carbons (Fsp3) is 0.471. The highest BCUT2D eigenvalue weighted by Gasteiger charge is 2.30. The first kappa shape index (κ1) is 17.5. The minimum atomic E-state index is -4.31. The van der Waals surface area contributed by atoms with Gasteiger partial charge in [-0.1, -0.05) is 18.7 Å². The second-order valence-electron chi connectivity index (χ2n) is 5.81. The summed E-state index contributed by atoms with van der Waals surface area (Å²) < 4.78 is 37.7. The highest BCUT2D eigenvalue weighted by molar-refractivity contribution is 5.87. The van der Waals surface area contributed by atoms with Gasteiger partial charge in [0.05, 0.1) is 5.56 Å². The maximum absolute atomic E-state index is 12.6. The summed E-state index contributed by atoms with van der Waals surface area (Å²) in [5.41, 5.74) is 0.187. The Morgan fingerprint density at radius 3 is 2.35 bits per heavy atom. The predicted octanol–water partition coefficient (Wildman–Crippen LogP) is 3.53. The second kappa shape index (κ2) is 7.17. The summed E-state index contributed by atoms with van der Waals surface area (Å²) in [6.07, 6.45) is -1.34. The molecule has 1 aromatic carbocycles. The van der Waals surface area contributed by atoms with Gasteiger partial charge < -0.3 is 10.2 Å². The van der Waals surface area contributed by atoms with Crippen LogP contribution < -0.4 is 5.32 Å². The van der Waals surface area contributed by atoms with Crippen LogP contribution in [0.15, 0.2) is 36.9 Å². The maximum atomic E-state index is 12.6. The first-order valence-electron chi connectivity index (χ1n) is 7.66. The summed E-state index contributed by atoms with van der Waals surface area (Å²) in [4.78, 5) is 13.3. The summed E-state index contributed by atoms with van der Waals surface area (Å²) >= 11 is 0. The van der Waals surface area contributed by atoms with Crippen LogP contribution in [0.1, 0.15) is 36.9 Å². The lowest BCUT2D eigenvalue weighted by Crippen LogP contribution is -2.45. The predicted molar refractivity (Wildman–Crippen MR) is 82.8 cm³/mol. The van der Waals surface area contributed by atoms with Gasteiger partial charge >= 0.3 is 6.18 Å². The van der Waals surface area contributed by atoms with E-state index in [9.17, 15) is 18.0 Å². The molecule has 6 heteroatoms. The molecule has 1 aliphatic heterocycles. The number of hydrogen-bond acceptors (Lipinski definition) is 2. The lowest BCUT2D eigenvalue weighted by atomic mass is 10.0. The average molecular weight is 326 g/mol. The molecule has 23 heavy (non-hydrogen) atoms. The van der Waals surface area contributed by atoms with Crippen molar-refractivity contribution in [3.05, 3.63) is 48.0 Å². The summed E-state index contributed by atoms with van der Waals surface area (Å²) in [6.45, 7) is 6.75. The van der Waals surface area contributed by atoms with E-state index in [2.05, 4.69) is 11.9 Å². The van der Waals surface area contributed by atoms with E-state index in [-0.39, 0.29) is 18.0 Å². The number of amides is 1. The van der Waals surface area contributed by atoms with Crippen molar-refractivity contribution >= 4 is 5.91 Å². The number of likely N-dealkylation sites (tertiary alicyclic amines) is 1. The summed E-state index contributed by atoms with van der Waals surface area (Å²) in [5.74, 6) is -0.0563. The summed E-state index contributed by atoms with van der Waals surface area (Å²) in [7, 11) is 0. The zero-order valence-electron chi connectivity index (χ0n) is 13.1. The number of alkyl halides is 3. The van der Waals surface area contributed by atoms with Crippen molar-refractivity contribution in [1.29, 1.82) is 0 Å².